The lowest BCUT2D eigenvalue weighted by Gasteiger charge is -2.15. The molecule has 25 heavy (non-hydrogen) atoms. The summed E-state index contributed by atoms with van der Waals surface area (Å²) < 4.78 is 0. The van der Waals surface area contributed by atoms with Gasteiger partial charge in [0.2, 0.25) is 0 Å². The second kappa shape index (κ2) is 8.34. The lowest BCUT2D eigenvalue weighted by molar-refractivity contribution is 0.861. The summed E-state index contributed by atoms with van der Waals surface area (Å²) >= 11 is 0. The van der Waals surface area contributed by atoms with Gasteiger partial charge in [0.05, 0.1) is 0 Å². The average Bonchev–Trinajstić information content (AvgIpc) is 2.57. The first-order valence-corrected chi connectivity index (χ1v) is 9.36. The van der Waals surface area contributed by atoms with Gasteiger partial charge in [-0.3, -0.25) is 0 Å². The molecule has 0 N–H and O–H groups in total. The summed E-state index contributed by atoms with van der Waals surface area (Å²) in [6.07, 6.45) is 0. The van der Waals surface area contributed by atoms with Crippen molar-refractivity contribution in [2.45, 2.75) is 60.3 Å². The minimum atomic E-state index is 0.584. The fourth-order valence-corrected chi connectivity index (χ4v) is 3.10. The van der Waals surface area contributed by atoms with Crippen LogP contribution in [0.25, 0.3) is 10.8 Å². The molecule has 0 aliphatic rings. The summed E-state index contributed by atoms with van der Waals surface area (Å²) in [6, 6.07) is 19.9. The number of rotatable bonds is 2. The maximum atomic E-state index is 2.38. The SMILES string of the molecule is Cc1cc(C(C)C)cc2c(C(C)C)cccc12.Cc1ccc(C)cc1. The predicted molar refractivity (Wildman–Crippen MR) is 113 cm³/mol. The van der Waals surface area contributed by atoms with Crippen LogP contribution in [0.5, 0.6) is 0 Å². The van der Waals surface area contributed by atoms with Crippen molar-refractivity contribution in [1.82, 2.24) is 0 Å². The second-order valence-electron chi connectivity index (χ2n) is 7.74. The van der Waals surface area contributed by atoms with E-state index in [0.717, 1.165) is 0 Å². The highest BCUT2D eigenvalue weighted by atomic mass is 14.1. The van der Waals surface area contributed by atoms with Crippen molar-refractivity contribution in [2.75, 3.05) is 0 Å². The van der Waals surface area contributed by atoms with Crippen molar-refractivity contribution in [1.29, 1.82) is 0 Å². The lowest BCUT2D eigenvalue weighted by Crippen LogP contribution is -1.94. The van der Waals surface area contributed by atoms with Gasteiger partial charge < -0.3 is 0 Å². The summed E-state index contributed by atoms with van der Waals surface area (Å²) in [5.74, 6) is 1.18. The first kappa shape index (κ1) is 19.2. The zero-order valence-corrected chi connectivity index (χ0v) is 16.9. The Morgan fingerprint density at radius 3 is 1.64 bits per heavy atom. The van der Waals surface area contributed by atoms with Crippen LogP contribution in [0.4, 0.5) is 0 Å². The van der Waals surface area contributed by atoms with Crippen LogP contribution in [0.15, 0.2) is 54.6 Å². The van der Waals surface area contributed by atoms with Gasteiger partial charge >= 0.3 is 0 Å². The highest BCUT2D eigenvalue weighted by Gasteiger charge is 2.09. The lowest BCUT2D eigenvalue weighted by atomic mass is 9.90. The van der Waals surface area contributed by atoms with Gasteiger partial charge in [-0.2, -0.15) is 0 Å². The monoisotopic (exact) mass is 332 g/mol. The Labute approximate surface area is 153 Å². The van der Waals surface area contributed by atoms with Gasteiger partial charge in [0.25, 0.3) is 0 Å². The molecule has 0 unspecified atom stereocenters. The molecule has 0 saturated carbocycles. The fourth-order valence-electron chi connectivity index (χ4n) is 3.10. The molecule has 0 nitrogen and oxygen atoms in total. The Bertz CT molecular complexity index is 800. The molecule has 0 bridgehead atoms. The van der Waals surface area contributed by atoms with Crippen LogP contribution < -0.4 is 0 Å². The van der Waals surface area contributed by atoms with Crippen molar-refractivity contribution in [3.05, 3.63) is 82.4 Å². The van der Waals surface area contributed by atoms with E-state index < -0.39 is 0 Å². The quantitative estimate of drug-likeness (QED) is 0.451. The van der Waals surface area contributed by atoms with Gasteiger partial charge in [-0.15, -0.1) is 0 Å². The molecule has 0 heteroatoms. The summed E-state index contributed by atoms with van der Waals surface area (Å²) in [5, 5.41) is 2.84. The maximum Gasteiger partial charge on any atom is -0.0144 e. The zero-order valence-electron chi connectivity index (χ0n) is 16.9. The van der Waals surface area contributed by atoms with Crippen LogP contribution in [0.2, 0.25) is 0 Å². The van der Waals surface area contributed by atoms with E-state index in [0.29, 0.717) is 11.8 Å². The minimum Gasteiger partial charge on any atom is -0.0613 e. The highest BCUT2D eigenvalue weighted by molar-refractivity contribution is 5.89. The normalized spacial score (nSPS) is 10.9. The summed E-state index contributed by atoms with van der Waals surface area (Å²) in [4.78, 5) is 0. The molecule has 0 radical (unpaired) electrons. The molecule has 132 valence electrons. The largest absolute Gasteiger partial charge is 0.0613 e. The third-order valence-electron chi connectivity index (χ3n) is 4.77. The molecule has 0 heterocycles. The molecule has 0 aromatic heterocycles. The predicted octanol–water partition coefficient (Wildman–Crippen LogP) is 7.70. The topological polar surface area (TPSA) is 0 Å². The van der Waals surface area contributed by atoms with E-state index in [9.17, 15) is 0 Å². The number of aryl methyl sites for hydroxylation is 3. The molecule has 3 rings (SSSR count). The number of benzene rings is 3. The van der Waals surface area contributed by atoms with Crippen LogP contribution in [0, 0.1) is 20.8 Å². The average molecular weight is 333 g/mol. The summed E-state index contributed by atoms with van der Waals surface area (Å²) in [5.41, 5.74) is 6.97. The molecule has 0 spiro atoms. The molecule has 0 fully saturated rings. The number of hydrogen-bond acceptors (Lipinski definition) is 0. The Morgan fingerprint density at radius 2 is 1.16 bits per heavy atom. The van der Waals surface area contributed by atoms with Crippen LogP contribution in [0.3, 0.4) is 0 Å². The van der Waals surface area contributed by atoms with Gasteiger partial charge in [-0.1, -0.05) is 93.4 Å². The van der Waals surface area contributed by atoms with Gasteiger partial charge in [-0.05, 0) is 60.1 Å². The number of fused-ring (bicyclic) bond motifs is 1. The molecular weight excluding hydrogens is 300 g/mol. The van der Waals surface area contributed by atoms with Gasteiger partial charge in [0.1, 0.15) is 0 Å². The van der Waals surface area contributed by atoms with Gasteiger partial charge in [0.15, 0.2) is 0 Å². The van der Waals surface area contributed by atoms with E-state index in [4.69, 9.17) is 0 Å². The summed E-state index contributed by atoms with van der Waals surface area (Å²) in [7, 11) is 0. The minimum absolute atomic E-state index is 0.584. The first-order valence-electron chi connectivity index (χ1n) is 9.36. The summed E-state index contributed by atoms with van der Waals surface area (Å²) in [6.45, 7) is 15.5. The Morgan fingerprint density at radius 1 is 0.600 bits per heavy atom. The standard InChI is InChI=1S/C17H22.C8H10/c1-11(2)14-9-13(5)16-8-6-7-15(12(3)4)17(16)10-14;1-7-3-5-8(2)6-4-7/h6-12H,1-5H3;3-6H,1-2H3. The van der Waals surface area contributed by atoms with E-state index in [1.54, 1.807) is 0 Å². The second-order valence-corrected chi connectivity index (χ2v) is 7.74. The Kier molecular flexibility index (Phi) is 6.42. The van der Waals surface area contributed by atoms with E-state index in [2.05, 4.69) is 103 Å². The van der Waals surface area contributed by atoms with Crippen molar-refractivity contribution in [3.63, 3.8) is 0 Å². The van der Waals surface area contributed by atoms with Crippen molar-refractivity contribution in [2.24, 2.45) is 0 Å². The Balaban J connectivity index is 0.000000236. The maximum absolute atomic E-state index is 2.38. The smallest absolute Gasteiger partial charge is 0.0144 e. The molecular formula is C25H32. The molecule has 0 atom stereocenters. The van der Waals surface area contributed by atoms with Crippen molar-refractivity contribution < 1.29 is 0 Å². The fraction of sp³-hybridized carbons (Fsp3) is 0.360. The molecule has 0 saturated heterocycles. The van der Waals surface area contributed by atoms with E-state index in [1.807, 2.05) is 0 Å². The zero-order chi connectivity index (χ0) is 18.6. The number of hydrogen-bond donors (Lipinski definition) is 0. The highest BCUT2D eigenvalue weighted by Crippen LogP contribution is 2.30. The van der Waals surface area contributed by atoms with E-state index in [-0.39, 0.29) is 0 Å². The first-order chi connectivity index (χ1) is 11.8. The molecule has 0 aliphatic heterocycles. The van der Waals surface area contributed by atoms with Gasteiger partial charge in [-0.25, -0.2) is 0 Å². The van der Waals surface area contributed by atoms with Crippen LogP contribution in [-0.2, 0) is 0 Å². The molecule has 3 aromatic rings. The third-order valence-corrected chi connectivity index (χ3v) is 4.77. The third kappa shape index (κ3) is 4.95. The van der Waals surface area contributed by atoms with Crippen molar-refractivity contribution >= 4 is 10.8 Å². The van der Waals surface area contributed by atoms with Crippen LogP contribution in [0.1, 0.15) is 67.3 Å². The van der Waals surface area contributed by atoms with Crippen LogP contribution in [-0.4, -0.2) is 0 Å². The molecule has 0 amide bonds. The van der Waals surface area contributed by atoms with Crippen LogP contribution >= 0.6 is 0 Å². The van der Waals surface area contributed by atoms with E-state index >= 15 is 0 Å². The van der Waals surface area contributed by atoms with E-state index in [1.165, 1.54) is 38.6 Å². The molecule has 3 aromatic carbocycles. The molecule has 0 aliphatic carbocycles. The van der Waals surface area contributed by atoms with Crippen molar-refractivity contribution in [3.8, 4) is 0 Å². The Hall–Kier alpha value is -2.08. The van der Waals surface area contributed by atoms with Gasteiger partial charge in [0, 0.05) is 0 Å².